The van der Waals surface area contributed by atoms with Crippen LogP contribution >= 0.6 is 0 Å². The van der Waals surface area contributed by atoms with Gasteiger partial charge in [-0.1, -0.05) is 0 Å². The summed E-state index contributed by atoms with van der Waals surface area (Å²) >= 11 is 0. The molecule has 1 atom stereocenters. The lowest BCUT2D eigenvalue weighted by atomic mass is 9.85. The Hall–Kier alpha value is -0.0800. The van der Waals surface area contributed by atoms with Gasteiger partial charge in [0.15, 0.2) is 0 Å². The maximum absolute atomic E-state index is 3.49. The molecule has 0 bridgehead atoms. The molecule has 0 aromatic rings. The van der Waals surface area contributed by atoms with Crippen molar-refractivity contribution in [3.05, 3.63) is 0 Å². The van der Waals surface area contributed by atoms with Crippen LogP contribution in [0.5, 0.6) is 0 Å². The van der Waals surface area contributed by atoms with Gasteiger partial charge in [0.1, 0.15) is 0 Å². The van der Waals surface area contributed by atoms with Gasteiger partial charge in [-0.05, 0) is 70.7 Å². The second kappa shape index (κ2) is 3.58. The molecular formula is C11H22N2. The van der Waals surface area contributed by atoms with Crippen LogP contribution in [0.3, 0.4) is 0 Å². The monoisotopic (exact) mass is 182 g/mol. The average Bonchev–Trinajstić information content (AvgIpc) is 2.68. The van der Waals surface area contributed by atoms with Gasteiger partial charge in [0.25, 0.3) is 0 Å². The van der Waals surface area contributed by atoms with Crippen LogP contribution in [0, 0.1) is 11.3 Å². The molecule has 1 saturated carbocycles. The summed E-state index contributed by atoms with van der Waals surface area (Å²) in [6, 6.07) is 0. The summed E-state index contributed by atoms with van der Waals surface area (Å²) in [5, 5.41) is 3.49. The van der Waals surface area contributed by atoms with Crippen LogP contribution in [0.1, 0.15) is 25.7 Å². The van der Waals surface area contributed by atoms with Crippen LogP contribution in [0.4, 0.5) is 0 Å². The van der Waals surface area contributed by atoms with Crippen molar-refractivity contribution in [3.63, 3.8) is 0 Å². The Morgan fingerprint density at radius 3 is 2.62 bits per heavy atom. The molecule has 0 amide bonds. The van der Waals surface area contributed by atoms with Crippen molar-refractivity contribution in [2.75, 3.05) is 33.7 Å². The molecule has 2 nitrogen and oxygen atoms in total. The van der Waals surface area contributed by atoms with Gasteiger partial charge < -0.3 is 10.2 Å². The van der Waals surface area contributed by atoms with E-state index in [-0.39, 0.29) is 0 Å². The summed E-state index contributed by atoms with van der Waals surface area (Å²) in [5.41, 5.74) is 0.758. The number of nitrogens with zero attached hydrogens (tertiary/aromatic N) is 1. The quantitative estimate of drug-likeness (QED) is 0.705. The molecule has 0 aromatic heterocycles. The summed E-state index contributed by atoms with van der Waals surface area (Å²) < 4.78 is 0. The second-order valence-electron chi connectivity index (χ2n) is 5.11. The first-order valence-electron chi connectivity index (χ1n) is 5.58. The molecule has 0 radical (unpaired) electrons. The number of hydrogen-bond donors (Lipinski definition) is 1. The highest BCUT2D eigenvalue weighted by atomic mass is 15.1. The van der Waals surface area contributed by atoms with Crippen molar-refractivity contribution in [3.8, 4) is 0 Å². The van der Waals surface area contributed by atoms with Crippen LogP contribution in [0.25, 0.3) is 0 Å². The van der Waals surface area contributed by atoms with Gasteiger partial charge in [-0.2, -0.15) is 0 Å². The first kappa shape index (κ1) is 9.47. The SMILES string of the molecule is CN(C)CCC1(C2CCNC2)CC1. The number of hydrogen-bond acceptors (Lipinski definition) is 2. The molecule has 2 aliphatic rings. The van der Waals surface area contributed by atoms with Crippen LogP contribution in [0.15, 0.2) is 0 Å². The molecule has 76 valence electrons. The van der Waals surface area contributed by atoms with Gasteiger partial charge >= 0.3 is 0 Å². The molecule has 13 heavy (non-hydrogen) atoms. The molecule has 0 aromatic carbocycles. The fraction of sp³-hybridized carbons (Fsp3) is 1.00. The van der Waals surface area contributed by atoms with Gasteiger partial charge in [0, 0.05) is 0 Å². The Morgan fingerprint density at radius 2 is 2.15 bits per heavy atom. The molecule has 0 spiro atoms. The predicted molar refractivity (Wildman–Crippen MR) is 55.8 cm³/mol. The summed E-state index contributed by atoms with van der Waals surface area (Å²) in [7, 11) is 4.37. The molecule has 1 aliphatic carbocycles. The third-order valence-corrected chi connectivity index (χ3v) is 3.88. The summed E-state index contributed by atoms with van der Waals surface area (Å²) in [4.78, 5) is 2.32. The fourth-order valence-electron chi connectivity index (χ4n) is 2.65. The Labute approximate surface area is 81.7 Å². The Kier molecular flexibility index (Phi) is 2.61. The zero-order valence-corrected chi connectivity index (χ0v) is 8.97. The summed E-state index contributed by atoms with van der Waals surface area (Å²) in [6.45, 7) is 3.82. The van der Waals surface area contributed by atoms with Gasteiger partial charge in [-0.3, -0.25) is 0 Å². The molecule has 1 heterocycles. The van der Waals surface area contributed by atoms with E-state index in [2.05, 4.69) is 24.3 Å². The molecule has 1 saturated heterocycles. The number of nitrogens with one attached hydrogen (secondary N) is 1. The van der Waals surface area contributed by atoms with Gasteiger partial charge in [0.05, 0.1) is 0 Å². The highest BCUT2D eigenvalue weighted by Gasteiger charge is 2.48. The zero-order valence-electron chi connectivity index (χ0n) is 8.97. The number of rotatable bonds is 4. The van der Waals surface area contributed by atoms with E-state index in [1.54, 1.807) is 0 Å². The molecule has 2 fully saturated rings. The predicted octanol–water partition coefficient (Wildman–Crippen LogP) is 1.33. The first-order valence-corrected chi connectivity index (χ1v) is 5.58. The zero-order chi connectivity index (χ0) is 9.31. The third kappa shape index (κ3) is 2.05. The fourth-order valence-corrected chi connectivity index (χ4v) is 2.65. The van der Waals surface area contributed by atoms with Crippen molar-refractivity contribution in [2.45, 2.75) is 25.7 Å². The lowest BCUT2D eigenvalue weighted by Crippen LogP contribution is -2.24. The summed E-state index contributed by atoms with van der Waals surface area (Å²) in [5.74, 6) is 0.993. The topological polar surface area (TPSA) is 15.3 Å². The van der Waals surface area contributed by atoms with Crippen molar-refractivity contribution < 1.29 is 0 Å². The van der Waals surface area contributed by atoms with E-state index >= 15 is 0 Å². The Bertz CT molecular complexity index is 167. The smallest absolute Gasteiger partial charge is 0.00147 e. The van der Waals surface area contributed by atoms with E-state index < -0.39 is 0 Å². The van der Waals surface area contributed by atoms with Crippen LogP contribution < -0.4 is 5.32 Å². The normalized spacial score (nSPS) is 31.2. The van der Waals surface area contributed by atoms with E-state index in [9.17, 15) is 0 Å². The standard InChI is InChI=1S/C11H22N2/c1-13(2)8-6-11(4-5-11)10-3-7-12-9-10/h10,12H,3-9H2,1-2H3. The first-order chi connectivity index (χ1) is 6.23. The molecule has 2 heteroatoms. The highest BCUT2D eigenvalue weighted by molar-refractivity contribution is 5.01. The lowest BCUT2D eigenvalue weighted by molar-refractivity contribution is 0.264. The van der Waals surface area contributed by atoms with Crippen LogP contribution in [0.2, 0.25) is 0 Å². The molecular weight excluding hydrogens is 160 g/mol. The van der Waals surface area contributed by atoms with E-state index in [0.717, 1.165) is 11.3 Å². The van der Waals surface area contributed by atoms with Crippen molar-refractivity contribution in [1.82, 2.24) is 10.2 Å². The van der Waals surface area contributed by atoms with Gasteiger partial charge in [-0.15, -0.1) is 0 Å². The van der Waals surface area contributed by atoms with Gasteiger partial charge in [0.2, 0.25) is 0 Å². The lowest BCUT2D eigenvalue weighted by Gasteiger charge is -2.23. The average molecular weight is 182 g/mol. The van der Waals surface area contributed by atoms with Crippen molar-refractivity contribution in [1.29, 1.82) is 0 Å². The minimum Gasteiger partial charge on any atom is -0.316 e. The minimum atomic E-state index is 0.758. The van der Waals surface area contributed by atoms with E-state index in [1.165, 1.54) is 45.3 Å². The second-order valence-corrected chi connectivity index (χ2v) is 5.11. The van der Waals surface area contributed by atoms with Gasteiger partial charge in [-0.25, -0.2) is 0 Å². The molecule has 1 N–H and O–H groups in total. The van der Waals surface area contributed by atoms with Crippen molar-refractivity contribution in [2.24, 2.45) is 11.3 Å². The largest absolute Gasteiger partial charge is 0.316 e. The molecule has 2 rings (SSSR count). The van der Waals surface area contributed by atoms with E-state index in [0.29, 0.717) is 0 Å². The molecule has 1 unspecified atom stereocenters. The van der Waals surface area contributed by atoms with Crippen molar-refractivity contribution >= 4 is 0 Å². The van der Waals surface area contributed by atoms with E-state index in [1.807, 2.05) is 0 Å². The highest BCUT2D eigenvalue weighted by Crippen LogP contribution is 2.56. The van der Waals surface area contributed by atoms with Crippen LogP contribution in [-0.2, 0) is 0 Å². The minimum absolute atomic E-state index is 0.758. The van der Waals surface area contributed by atoms with E-state index in [4.69, 9.17) is 0 Å². The maximum Gasteiger partial charge on any atom is -0.00147 e. The maximum atomic E-state index is 3.49. The Balaban J connectivity index is 1.81. The molecule has 1 aliphatic heterocycles. The Morgan fingerprint density at radius 1 is 1.38 bits per heavy atom. The third-order valence-electron chi connectivity index (χ3n) is 3.88. The van der Waals surface area contributed by atoms with Crippen LogP contribution in [-0.4, -0.2) is 38.6 Å². The summed E-state index contributed by atoms with van der Waals surface area (Å²) in [6.07, 6.45) is 5.83.